The van der Waals surface area contributed by atoms with Crippen molar-refractivity contribution in [2.75, 3.05) is 20.2 Å². The summed E-state index contributed by atoms with van der Waals surface area (Å²) in [5, 5.41) is 7.46. The van der Waals surface area contributed by atoms with Crippen molar-refractivity contribution in [2.24, 2.45) is 5.92 Å². The van der Waals surface area contributed by atoms with Gasteiger partial charge in [-0.15, -0.1) is 0 Å². The van der Waals surface area contributed by atoms with Crippen molar-refractivity contribution in [1.82, 2.24) is 25.4 Å². The number of hydrogen-bond donors (Lipinski definition) is 1. The smallest absolute Gasteiger partial charge is 0.234 e. The van der Waals surface area contributed by atoms with Gasteiger partial charge < -0.3 is 14.6 Å². The Kier molecular flexibility index (Phi) is 3.59. The summed E-state index contributed by atoms with van der Waals surface area (Å²) in [6.07, 6.45) is 2.43. The van der Waals surface area contributed by atoms with Gasteiger partial charge in [-0.2, -0.15) is 4.98 Å². The van der Waals surface area contributed by atoms with Crippen molar-refractivity contribution in [1.29, 1.82) is 0 Å². The first kappa shape index (κ1) is 13.9. The molecule has 1 saturated heterocycles. The first-order valence-corrected chi connectivity index (χ1v) is 7.07. The summed E-state index contributed by atoms with van der Waals surface area (Å²) in [7, 11) is 1.56. The van der Waals surface area contributed by atoms with Gasteiger partial charge in [-0.1, -0.05) is 19.0 Å². The minimum absolute atomic E-state index is 0.0949. The third kappa shape index (κ3) is 2.37. The average Bonchev–Trinajstić information content (AvgIpc) is 3.17. The molecule has 0 aromatic carbocycles. The minimum atomic E-state index is -0.0949. The van der Waals surface area contributed by atoms with Gasteiger partial charge in [0.05, 0.1) is 12.5 Å². The van der Waals surface area contributed by atoms with E-state index in [4.69, 9.17) is 9.26 Å². The summed E-state index contributed by atoms with van der Waals surface area (Å²) >= 11 is 0. The SMILES string of the molecule is COc1cc(-c2noc(C3(C(C)C)CCNC3)n2)ncn1. The second-order valence-electron chi connectivity index (χ2n) is 5.61. The van der Waals surface area contributed by atoms with Crippen molar-refractivity contribution in [3.05, 3.63) is 18.3 Å². The molecule has 1 aliphatic rings. The Bertz CT molecular complexity index is 619. The third-order valence-electron chi connectivity index (χ3n) is 4.23. The molecule has 0 spiro atoms. The molecule has 0 saturated carbocycles. The lowest BCUT2D eigenvalue weighted by Gasteiger charge is -2.27. The number of aromatic nitrogens is 4. The standard InChI is InChI=1S/C14H19N5O2/c1-9(2)14(4-5-15-7-14)13-18-12(19-21-13)10-6-11(20-3)17-8-16-10/h6,8-9,15H,4-5,7H2,1-3H3. The molecule has 0 bridgehead atoms. The van der Waals surface area contributed by atoms with Crippen LogP contribution in [0, 0.1) is 5.92 Å². The molecule has 2 aromatic heterocycles. The fourth-order valence-corrected chi connectivity index (χ4v) is 2.74. The molecule has 0 radical (unpaired) electrons. The second-order valence-corrected chi connectivity index (χ2v) is 5.61. The molecule has 1 fully saturated rings. The Hall–Kier alpha value is -2.02. The van der Waals surface area contributed by atoms with Crippen LogP contribution in [-0.2, 0) is 5.41 Å². The van der Waals surface area contributed by atoms with E-state index in [2.05, 4.69) is 39.3 Å². The molecule has 0 amide bonds. The van der Waals surface area contributed by atoms with Gasteiger partial charge in [0.15, 0.2) is 0 Å². The van der Waals surface area contributed by atoms with E-state index in [-0.39, 0.29) is 5.41 Å². The monoisotopic (exact) mass is 289 g/mol. The molecular formula is C14H19N5O2. The van der Waals surface area contributed by atoms with Crippen LogP contribution in [-0.4, -0.2) is 40.3 Å². The van der Waals surface area contributed by atoms with E-state index in [1.54, 1.807) is 13.2 Å². The van der Waals surface area contributed by atoms with Gasteiger partial charge in [0.25, 0.3) is 0 Å². The summed E-state index contributed by atoms with van der Waals surface area (Å²) in [4.78, 5) is 12.7. The maximum Gasteiger partial charge on any atom is 0.234 e. The average molecular weight is 289 g/mol. The summed E-state index contributed by atoms with van der Waals surface area (Å²) in [6.45, 7) is 6.20. The Morgan fingerprint density at radius 1 is 1.38 bits per heavy atom. The van der Waals surface area contributed by atoms with Gasteiger partial charge in [0.1, 0.15) is 12.0 Å². The van der Waals surface area contributed by atoms with Crippen LogP contribution in [0.5, 0.6) is 5.88 Å². The number of rotatable bonds is 4. The fraction of sp³-hybridized carbons (Fsp3) is 0.571. The predicted octanol–water partition coefficient (Wildman–Crippen LogP) is 1.42. The van der Waals surface area contributed by atoms with Crippen LogP contribution in [0.2, 0.25) is 0 Å². The van der Waals surface area contributed by atoms with E-state index >= 15 is 0 Å². The lowest BCUT2D eigenvalue weighted by molar-refractivity contribution is 0.234. The zero-order chi connectivity index (χ0) is 14.9. The molecule has 1 atom stereocenters. The van der Waals surface area contributed by atoms with E-state index in [0.29, 0.717) is 29.2 Å². The number of nitrogens with zero attached hydrogens (tertiary/aromatic N) is 4. The molecule has 1 N–H and O–H groups in total. The third-order valence-corrected chi connectivity index (χ3v) is 4.23. The maximum absolute atomic E-state index is 5.54. The van der Waals surface area contributed by atoms with E-state index in [9.17, 15) is 0 Å². The lowest BCUT2D eigenvalue weighted by Crippen LogP contribution is -2.35. The normalized spacial score (nSPS) is 21.9. The highest BCUT2D eigenvalue weighted by molar-refractivity contribution is 5.49. The first-order chi connectivity index (χ1) is 10.2. The second kappa shape index (κ2) is 5.40. The largest absolute Gasteiger partial charge is 0.481 e. The predicted molar refractivity (Wildman–Crippen MR) is 75.9 cm³/mol. The number of nitrogens with one attached hydrogen (secondary N) is 1. The highest BCUT2D eigenvalue weighted by atomic mass is 16.5. The van der Waals surface area contributed by atoms with Gasteiger partial charge in [-0.25, -0.2) is 9.97 Å². The number of hydrogen-bond acceptors (Lipinski definition) is 7. The minimum Gasteiger partial charge on any atom is -0.481 e. The molecular weight excluding hydrogens is 270 g/mol. The van der Waals surface area contributed by atoms with Gasteiger partial charge in [-0.05, 0) is 18.9 Å². The van der Waals surface area contributed by atoms with Gasteiger partial charge in [0.2, 0.25) is 17.6 Å². The van der Waals surface area contributed by atoms with Crippen LogP contribution >= 0.6 is 0 Å². The van der Waals surface area contributed by atoms with Crippen LogP contribution in [0.1, 0.15) is 26.2 Å². The molecule has 21 heavy (non-hydrogen) atoms. The first-order valence-electron chi connectivity index (χ1n) is 7.07. The molecule has 1 aliphatic heterocycles. The van der Waals surface area contributed by atoms with E-state index in [1.165, 1.54) is 6.33 Å². The van der Waals surface area contributed by atoms with Crippen molar-refractivity contribution in [3.63, 3.8) is 0 Å². The quantitative estimate of drug-likeness (QED) is 0.911. The van der Waals surface area contributed by atoms with E-state index < -0.39 is 0 Å². The summed E-state index contributed by atoms with van der Waals surface area (Å²) in [5.41, 5.74) is 0.504. The summed E-state index contributed by atoms with van der Waals surface area (Å²) in [5.74, 6) is 2.04. The Morgan fingerprint density at radius 2 is 2.24 bits per heavy atom. The topological polar surface area (TPSA) is 86.0 Å². The number of ether oxygens (including phenoxy) is 1. The Morgan fingerprint density at radius 3 is 2.90 bits per heavy atom. The van der Waals surface area contributed by atoms with Crippen LogP contribution in [0.3, 0.4) is 0 Å². The van der Waals surface area contributed by atoms with Crippen molar-refractivity contribution in [2.45, 2.75) is 25.7 Å². The summed E-state index contributed by atoms with van der Waals surface area (Å²) < 4.78 is 10.6. The highest BCUT2D eigenvalue weighted by Crippen LogP contribution is 2.37. The summed E-state index contributed by atoms with van der Waals surface area (Å²) in [6, 6.07) is 1.70. The lowest BCUT2D eigenvalue weighted by atomic mass is 9.76. The van der Waals surface area contributed by atoms with E-state index in [0.717, 1.165) is 19.5 Å². The van der Waals surface area contributed by atoms with Crippen LogP contribution in [0.4, 0.5) is 0 Å². The van der Waals surface area contributed by atoms with E-state index in [1.807, 2.05) is 0 Å². The zero-order valence-electron chi connectivity index (χ0n) is 12.5. The van der Waals surface area contributed by atoms with Crippen LogP contribution < -0.4 is 10.1 Å². The molecule has 7 nitrogen and oxygen atoms in total. The van der Waals surface area contributed by atoms with Crippen molar-refractivity contribution < 1.29 is 9.26 Å². The molecule has 3 heterocycles. The van der Waals surface area contributed by atoms with Crippen LogP contribution in [0.25, 0.3) is 11.5 Å². The molecule has 1 unspecified atom stereocenters. The van der Waals surface area contributed by atoms with Crippen molar-refractivity contribution >= 4 is 0 Å². The van der Waals surface area contributed by atoms with Gasteiger partial charge >= 0.3 is 0 Å². The Balaban J connectivity index is 1.95. The number of methoxy groups -OCH3 is 1. The molecule has 3 rings (SSSR count). The molecule has 2 aromatic rings. The molecule has 0 aliphatic carbocycles. The Labute approximate surface area is 123 Å². The zero-order valence-corrected chi connectivity index (χ0v) is 12.5. The maximum atomic E-state index is 5.54. The van der Waals surface area contributed by atoms with Gasteiger partial charge in [-0.3, -0.25) is 0 Å². The molecule has 112 valence electrons. The van der Waals surface area contributed by atoms with Gasteiger partial charge in [0, 0.05) is 12.6 Å². The van der Waals surface area contributed by atoms with Crippen LogP contribution in [0.15, 0.2) is 16.9 Å². The molecule has 7 heteroatoms. The van der Waals surface area contributed by atoms with Crippen molar-refractivity contribution in [3.8, 4) is 17.4 Å². The fourth-order valence-electron chi connectivity index (χ4n) is 2.74. The highest BCUT2D eigenvalue weighted by Gasteiger charge is 2.43.